The quantitative estimate of drug-likeness (QED) is 0.680. The fraction of sp³-hybridized carbons (Fsp3) is 0.593. The number of benzene rings is 1. The molecule has 36 heavy (non-hydrogen) atoms. The van der Waals surface area contributed by atoms with Crippen LogP contribution in [0, 0.1) is 0 Å². The van der Waals surface area contributed by atoms with Crippen molar-refractivity contribution in [1.82, 2.24) is 14.9 Å². The highest BCUT2D eigenvalue weighted by molar-refractivity contribution is 5.94. The van der Waals surface area contributed by atoms with Crippen LogP contribution in [0.25, 0.3) is 0 Å². The summed E-state index contributed by atoms with van der Waals surface area (Å²) in [6, 6.07) is 8.57. The molecular formula is C27H35N5O4. The summed E-state index contributed by atoms with van der Waals surface area (Å²) >= 11 is 0. The third-order valence-corrected chi connectivity index (χ3v) is 7.75. The number of rotatable bonds is 5. The topological polar surface area (TPSA) is 89.1 Å². The molecule has 2 aromatic rings. The van der Waals surface area contributed by atoms with E-state index in [-0.39, 0.29) is 5.91 Å². The van der Waals surface area contributed by atoms with Gasteiger partial charge in [0.25, 0.3) is 5.91 Å². The zero-order valence-electron chi connectivity index (χ0n) is 20.8. The number of nitrogens with zero attached hydrogens (tertiary/aromatic N) is 4. The summed E-state index contributed by atoms with van der Waals surface area (Å²) in [5.74, 6) is 2.98. The maximum atomic E-state index is 13.0. The third kappa shape index (κ3) is 4.99. The molecule has 4 aliphatic rings. The molecule has 1 aromatic heterocycles. The Hall–Kier alpha value is -2.91. The molecule has 9 nitrogen and oxygen atoms in total. The summed E-state index contributed by atoms with van der Waals surface area (Å²) in [6.07, 6.45) is 4.80. The van der Waals surface area contributed by atoms with E-state index in [1.165, 1.54) is 5.56 Å². The number of piperidine rings is 1. The van der Waals surface area contributed by atoms with Gasteiger partial charge in [-0.1, -0.05) is 12.1 Å². The zero-order valence-corrected chi connectivity index (χ0v) is 20.8. The van der Waals surface area contributed by atoms with Gasteiger partial charge in [0.05, 0.1) is 25.5 Å². The summed E-state index contributed by atoms with van der Waals surface area (Å²) < 4.78 is 16.8. The maximum Gasteiger partial charge on any atom is 0.254 e. The van der Waals surface area contributed by atoms with E-state index in [1.807, 2.05) is 17.0 Å². The van der Waals surface area contributed by atoms with E-state index in [0.29, 0.717) is 44.9 Å². The molecule has 0 unspecified atom stereocenters. The van der Waals surface area contributed by atoms with E-state index in [0.717, 1.165) is 87.2 Å². The molecule has 1 amide bonds. The second kappa shape index (κ2) is 10.6. The van der Waals surface area contributed by atoms with Gasteiger partial charge >= 0.3 is 0 Å². The minimum Gasteiger partial charge on any atom is -0.487 e. The molecule has 0 atom stereocenters. The molecule has 0 aliphatic carbocycles. The molecule has 0 radical (unpaired) electrons. The normalized spacial score (nSPS) is 21.2. The van der Waals surface area contributed by atoms with Gasteiger partial charge in [0.1, 0.15) is 0 Å². The lowest BCUT2D eigenvalue weighted by Crippen LogP contribution is -2.40. The number of anilines is 2. The molecule has 0 saturated carbocycles. The van der Waals surface area contributed by atoms with Crippen molar-refractivity contribution in [3.8, 4) is 5.75 Å². The molecule has 0 bridgehead atoms. The molecule has 4 aliphatic heterocycles. The molecule has 0 spiro atoms. The van der Waals surface area contributed by atoms with Crippen LogP contribution in [-0.2, 0) is 15.9 Å². The van der Waals surface area contributed by atoms with Crippen molar-refractivity contribution >= 4 is 17.7 Å². The van der Waals surface area contributed by atoms with Crippen molar-refractivity contribution in [2.75, 3.05) is 69.4 Å². The molecule has 5 heterocycles. The number of nitrogens with one attached hydrogen (secondary N) is 1. The first-order valence-corrected chi connectivity index (χ1v) is 13.3. The number of amides is 1. The molecule has 3 fully saturated rings. The van der Waals surface area contributed by atoms with Crippen molar-refractivity contribution in [3.63, 3.8) is 0 Å². The predicted octanol–water partition coefficient (Wildman–Crippen LogP) is 2.86. The van der Waals surface area contributed by atoms with Crippen molar-refractivity contribution < 1.29 is 19.0 Å². The molecule has 192 valence electrons. The standard InChI is InChI=1S/C27H35N5O4/c33-26(31-11-16-35-17-12-31)21-3-1-2-20(18-21)19-4-9-32(10-5-19)27-29-23-8-15-36-24(23)25(30-27)28-22-6-13-34-14-7-22/h1-3,18-19,22H,4-17H2,(H,28,29,30). The average Bonchev–Trinajstić information content (AvgIpc) is 3.43. The van der Waals surface area contributed by atoms with E-state index < -0.39 is 0 Å². The third-order valence-electron chi connectivity index (χ3n) is 7.75. The van der Waals surface area contributed by atoms with Gasteiger partial charge in [-0.25, -0.2) is 4.98 Å². The number of carbonyl (C=O) groups excluding carboxylic acids is 1. The Labute approximate surface area is 212 Å². The van der Waals surface area contributed by atoms with Crippen molar-refractivity contribution in [2.45, 2.75) is 44.1 Å². The second-order valence-corrected chi connectivity index (χ2v) is 10.1. The number of ether oxygens (including phenoxy) is 3. The molecular weight excluding hydrogens is 458 g/mol. The van der Waals surface area contributed by atoms with Gasteiger partial charge in [0.2, 0.25) is 5.95 Å². The second-order valence-electron chi connectivity index (χ2n) is 10.1. The summed E-state index contributed by atoms with van der Waals surface area (Å²) in [7, 11) is 0. The van der Waals surface area contributed by atoms with Crippen LogP contribution in [-0.4, -0.2) is 86.0 Å². The van der Waals surface area contributed by atoms with Gasteiger partial charge < -0.3 is 29.3 Å². The maximum absolute atomic E-state index is 13.0. The molecule has 6 rings (SSSR count). The number of aromatic nitrogens is 2. The van der Waals surface area contributed by atoms with Gasteiger partial charge in [-0.15, -0.1) is 0 Å². The Bertz CT molecular complexity index is 1080. The minimum absolute atomic E-state index is 0.107. The number of hydrogen-bond acceptors (Lipinski definition) is 8. The lowest BCUT2D eigenvalue weighted by molar-refractivity contribution is 0.0303. The van der Waals surface area contributed by atoms with Crippen molar-refractivity contribution in [3.05, 3.63) is 41.1 Å². The Balaban J connectivity index is 1.13. The van der Waals surface area contributed by atoms with E-state index in [9.17, 15) is 4.79 Å². The van der Waals surface area contributed by atoms with Crippen LogP contribution in [0.2, 0.25) is 0 Å². The molecule has 1 N–H and O–H groups in total. The highest BCUT2D eigenvalue weighted by Crippen LogP contribution is 2.36. The van der Waals surface area contributed by atoms with Gasteiger partial charge in [-0.3, -0.25) is 4.79 Å². The van der Waals surface area contributed by atoms with Crippen LogP contribution < -0.4 is 15.0 Å². The monoisotopic (exact) mass is 493 g/mol. The van der Waals surface area contributed by atoms with Crippen LogP contribution in [0.3, 0.4) is 0 Å². The van der Waals surface area contributed by atoms with E-state index in [2.05, 4.69) is 22.3 Å². The van der Waals surface area contributed by atoms with Crippen LogP contribution in [0.1, 0.15) is 53.2 Å². The first-order chi connectivity index (χ1) is 17.7. The van der Waals surface area contributed by atoms with Gasteiger partial charge in [0.15, 0.2) is 11.6 Å². The highest BCUT2D eigenvalue weighted by Gasteiger charge is 2.28. The largest absolute Gasteiger partial charge is 0.487 e. The smallest absolute Gasteiger partial charge is 0.254 e. The molecule has 1 aromatic carbocycles. The van der Waals surface area contributed by atoms with Gasteiger partial charge in [0, 0.05) is 57.4 Å². The van der Waals surface area contributed by atoms with Crippen LogP contribution in [0.4, 0.5) is 11.8 Å². The number of hydrogen-bond donors (Lipinski definition) is 1. The minimum atomic E-state index is 0.107. The lowest BCUT2D eigenvalue weighted by Gasteiger charge is -2.33. The Morgan fingerprint density at radius 1 is 0.917 bits per heavy atom. The lowest BCUT2D eigenvalue weighted by atomic mass is 9.88. The summed E-state index contributed by atoms with van der Waals surface area (Å²) in [4.78, 5) is 27.0. The van der Waals surface area contributed by atoms with E-state index >= 15 is 0 Å². The summed E-state index contributed by atoms with van der Waals surface area (Å²) in [5, 5.41) is 3.61. The fourth-order valence-electron chi connectivity index (χ4n) is 5.62. The van der Waals surface area contributed by atoms with Gasteiger partial charge in [-0.2, -0.15) is 4.98 Å². The van der Waals surface area contributed by atoms with Crippen LogP contribution in [0.5, 0.6) is 5.75 Å². The fourth-order valence-corrected chi connectivity index (χ4v) is 5.62. The number of morpholine rings is 1. The summed E-state index contributed by atoms with van der Waals surface area (Å²) in [6.45, 7) is 6.58. The zero-order chi connectivity index (χ0) is 24.3. The SMILES string of the molecule is O=C(c1cccc(C2CCN(c3nc4c(c(NC5CCOCC5)n3)OCC4)CC2)c1)N1CCOCC1. The molecule has 3 saturated heterocycles. The van der Waals surface area contributed by atoms with Crippen LogP contribution >= 0.6 is 0 Å². The predicted molar refractivity (Wildman–Crippen MR) is 136 cm³/mol. The van der Waals surface area contributed by atoms with Crippen molar-refractivity contribution in [2.24, 2.45) is 0 Å². The average molecular weight is 494 g/mol. The molecule has 9 heteroatoms. The number of fused-ring (bicyclic) bond motifs is 1. The Kier molecular flexibility index (Phi) is 6.92. The van der Waals surface area contributed by atoms with Crippen LogP contribution in [0.15, 0.2) is 24.3 Å². The highest BCUT2D eigenvalue weighted by atomic mass is 16.5. The number of carbonyl (C=O) groups is 1. The van der Waals surface area contributed by atoms with E-state index in [1.54, 1.807) is 0 Å². The first-order valence-electron chi connectivity index (χ1n) is 13.3. The van der Waals surface area contributed by atoms with Crippen molar-refractivity contribution in [1.29, 1.82) is 0 Å². The van der Waals surface area contributed by atoms with Gasteiger partial charge in [-0.05, 0) is 49.3 Å². The first kappa shape index (κ1) is 23.5. The Morgan fingerprint density at radius 3 is 2.50 bits per heavy atom. The summed E-state index contributed by atoms with van der Waals surface area (Å²) in [5.41, 5.74) is 3.03. The van der Waals surface area contributed by atoms with E-state index in [4.69, 9.17) is 24.2 Å². The Morgan fingerprint density at radius 2 is 1.69 bits per heavy atom.